The Morgan fingerprint density at radius 1 is 1.50 bits per heavy atom. The molecule has 0 radical (unpaired) electrons. The van der Waals surface area contributed by atoms with Crippen molar-refractivity contribution in [2.75, 3.05) is 13.2 Å². The number of hydrogen-bond donors (Lipinski definition) is 2. The van der Waals surface area contributed by atoms with Crippen molar-refractivity contribution >= 4 is 27.0 Å². The Morgan fingerprint density at radius 2 is 2.30 bits per heavy atom. The van der Waals surface area contributed by atoms with Gasteiger partial charge in [-0.1, -0.05) is 15.9 Å². The van der Waals surface area contributed by atoms with E-state index in [1.807, 2.05) is 18.2 Å². The van der Waals surface area contributed by atoms with Crippen molar-refractivity contribution in [1.29, 1.82) is 0 Å². The van der Waals surface area contributed by atoms with Crippen molar-refractivity contribution in [2.45, 2.75) is 24.9 Å². The monoisotopic (exact) mass is 345 g/mol. The number of aromatic amines is 1. The Bertz CT molecular complexity index is 631. The highest BCUT2D eigenvalue weighted by atomic mass is 79.9. The number of aliphatic hydroxyl groups is 1. The van der Waals surface area contributed by atoms with E-state index >= 15 is 0 Å². The van der Waals surface area contributed by atoms with Crippen LogP contribution in [0.15, 0.2) is 22.7 Å². The van der Waals surface area contributed by atoms with Crippen LogP contribution < -0.4 is 0 Å². The number of aliphatic hydroxyl groups excluding tert-OH is 1. The summed E-state index contributed by atoms with van der Waals surface area (Å²) < 4.78 is 27.7. The third-order valence-electron chi connectivity index (χ3n) is 3.54. The van der Waals surface area contributed by atoms with Gasteiger partial charge in [0.2, 0.25) is 0 Å². The third kappa shape index (κ3) is 2.70. The second kappa shape index (κ2) is 5.05. The van der Waals surface area contributed by atoms with Crippen LogP contribution >= 0.6 is 15.9 Å². The quantitative estimate of drug-likeness (QED) is 0.898. The summed E-state index contributed by atoms with van der Waals surface area (Å²) in [5.41, 5.74) is 1.66. The molecule has 0 bridgehead atoms. The molecule has 108 valence electrons. The van der Waals surface area contributed by atoms with Crippen LogP contribution in [0.25, 0.3) is 11.0 Å². The lowest BCUT2D eigenvalue weighted by atomic mass is 10.2. The van der Waals surface area contributed by atoms with Gasteiger partial charge in [-0.2, -0.15) is 0 Å². The number of nitrogens with one attached hydrogen (secondary N) is 1. The summed E-state index contributed by atoms with van der Waals surface area (Å²) in [6.07, 6.45) is -0.296. The average Bonchev–Trinajstić information content (AvgIpc) is 2.88. The predicted octanol–water partition coefficient (Wildman–Crippen LogP) is 2.53. The Balaban J connectivity index is 1.82. The minimum Gasteiger partial charge on any atom is -0.395 e. The first kappa shape index (κ1) is 13.9. The summed E-state index contributed by atoms with van der Waals surface area (Å²) in [6.45, 7) is -0.312. The molecule has 7 heteroatoms. The van der Waals surface area contributed by atoms with Crippen molar-refractivity contribution in [2.24, 2.45) is 0 Å². The van der Waals surface area contributed by atoms with Crippen LogP contribution in [-0.4, -0.2) is 45.1 Å². The number of halogens is 3. The molecule has 2 aromatic rings. The second-order valence-electron chi connectivity index (χ2n) is 5.15. The number of hydrogen-bond acceptors (Lipinski definition) is 3. The van der Waals surface area contributed by atoms with E-state index in [0.717, 1.165) is 15.5 Å². The molecular weight excluding hydrogens is 332 g/mol. The van der Waals surface area contributed by atoms with Crippen LogP contribution in [0.1, 0.15) is 12.2 Å². The van der Waals surface area contributed by atoms with E-state index in [4.69, 9.17) is 0 Å². The zero-order valence-electron chi connectivity index (χ0n) is 10.6. The number of rotatable bonds is 3. The first-order chi connectivity index (χ1) is 9.47. The fourth-order valence-electron chi connectivity index (χ4n) is 2.63. The molecule has 1 aromatic carbocycles. The van der Waals surface area contributed by atoms with E-state index in [1.165, 1.54) is 0 Å². The van der Waals surface area contributed by atoms with Gasteiger partial charge in [0.25, 0.3) is 5.92 Å². The molecule has 3 rings (SSSR count). The van der Waals surface area contributed by atoms with Crippen molar-refractivity contribution in [3.05, 3.63) is 28.5 Å². The van der Waals surface area contributed by atoms with E-state index in [-0.39, 0.29) is 26.1 Å². The summed E-state index contributed by atoms with van der Waals surface area (Å²) >= 11 is 3.38. The van der Waals surface area contributed by atoms with Crippen LogP contribution in [0, 0.1) is 0 Å². The largest absolute Gasteiger partial charge is 0.395 e. The van der Waals surface area contributed by atoms with Crippen LogP contribution in [0.2, 0.25) is 0 Å². The highest BCUT2D eigenvalue weighted by Crippen LogP contribution is 2.32. The standard InChI is InChI=1S/C13H14BrF2N3O/c14-8-1-2-10-11(3-8)18-12(17-10)5-19-7-13(15,16)4-9(19)6-20/h1-3,9,20H,4-7H2,(H,17,18). The molecule has 1 fully saturated rings. The van der Waals surface area contributed by atoms with Crippen molar-refractivity contribution in [1.82, 2.24) is 14.9 Å². The van der Waals surface area contributed by atoms with Gasteiger partial charge >= 0.3 is 0 Å². The smallest absolute Gasteiger partial charge is 0.262 e. The van der Waals surface area contributed by atoms with E-state index in [9.17, 15) is 13.9 Å². The van der Waals surface area contributed by atoms with E-state index in [2.05, 4.69) is 25.9 Å². The minimum atomic E-state index is -2.73. The average molecular weight is 346 g/mol. The molecule has 0 amide bonds. The van der Waals surface area contributed by atoms with Gasteiger partial charge in [0.05, 0.1) is 30.7 Å². The van der Waals surface area contributed by atoms with Crippen LogP contribution in [-0.2, 0) is 6.54 Å². The van der Waals surface area contributed by atoms with Gasteiger partial charge in [-0.05, 0) is 18.2 Å². The second-order valence-corrected chi connectivity index (χ2v) is 6.06. The van der Waals surface area contributed by atoms with Crippen molar-refractivity contribution in [3.63, 3.8) is 0 Å². The number of alkyl halides is 2. The van der Waals surface area contributed by atoms with Gasteiger partial charge in [0.15, 0.2) is 0 Å². The van der Waals surface area contributed by atoms with E-state index in [0.29, 0.717) is 5.82 Å². The number of nitrogens with zero attached hydrogens (tertiary/aromatic N) is 2. The molecule has 1 aromatic heterocycles. The van der Waals surface area contributed by atoms with Gasteiger partial charge in [-0.3, -0.25) is 4.90 Å². The Hall–Kier alpha value is -1.05. The molecule has 2 N–H and O–H groups in total. The number of imidazole rings is 1. The van der Waals surface area contributed by atoms with Gasteiger partial charge in [0.1, 0.15) is 5.82 Å². The Labute approximate surface area is 122 Å². The predicted molar refractivity (Wildman–Crippen MR) is 74.6 cm³/mol. The van der Waals surface area contributed by atoms with Gasteiger partial charge < -0.3 is 10.1 Å². The molecule has 1 unspecified atom stereocenters. The lowest BCUT2D eigenvalue weighted by Crippen LogP contribution is -2.32. The number of benzene rings is 1. The van der Waals surface area contributed by atoms with Crippen LogP contribution in [0.4, 0.5) is 8.78 Å². The Kier molecular flexibility index (Phi) is 3.51. The Morgan fingerprint density at radius 3 is 3.05 bits per heavy atom. The van der Waals surface area contributed by atoms with Crippen molar-refractivity contribution < 1.29 is 13.9 Å². The molecule has 1 aliphatic heterocycles. The van der Waals surface area contributed by atoms with Gasteiger partial charge in [0, 0.05) is 16.9 Å². The first-order valence-electron chi connectivity index (χ1n) is 6.34. The highest BCUT2D eigenvalue weighted by molar-refractivity contribution is 9.10. The van der Waals surface area contributed by atoms with E-state index in [1.54, 1.807) is 4.90 Å². The molecule has 2 heterocycles. The summed E-state index contributed by atoms with van der Waals surface area (Å²) in [5.74, 6) is -2.10. The fraction of sp³-hybridized carbons (Fsp3) is 0.462. The summed E-state index contributed by atoms with van der Waals surface area (Å²) in [7, 11) is 0. The summed E-state index contributed by atoms with van der Waals surface area (Å²) in [4.78, 5) is 9.09. The molecule has 0 aliphatic carbocycles. The summed E-state index contributed by atoms with van der Waals surface area (Å²) in [6, 6.07) is 5.13. The van der Waals surface area contributed by atoms with Crippen molar-refractivity contribution in [3.8, 4) is 0 Å². The van der Waals surface area contributed by atoms with Crippen LogP contribution in [0.3, 0.4) is 0 Å². The number of fused-ring (bicyclic) bond motifs is 1. The third-order valence-corrected chi connectivity index (χ3v) is 4.03. The SMILES string of the molecule is OCC1CC(F)(F)CN1Cc1nc2ccc(Br)cc2[nH]1. The molecular formula is C13H14BrF2N3O. The zero-order valence-corrected chi connectivity index (χ0v) is 12.2. The molecule has 4 nitrogen and oxygen atoms in total. The lowest BCUT2D eigenvalue weighted by molar-refractivity contribution is 0.0110. The molecule has 1 aliphatic rings. The topological polar surface area (TPSA) is 52.1 Å². The molecule has 1 atom stereocenters. The first-order valence-corrected chi connectivity index (χ1v) is 7.13. The normalized spacial score (nSPS) is 22.7. The van der Waals surface area contributed by atoms with E-state index < -0.39 is 12.0 Å². The summed E-state index contributed by atoms with van der Waals surface area (Å²) in [5, 5.41) is 9.21. The highest BCUT2D eigenvalue weighted by Gasteiger charge is 2.44. The van der Waals surface area contributed by atoms with Crippen LogP contribution in [0.5, 0.6) is 0 Å². The lowest BCUT2D eigenvalue weighted by Gasteiger charge is -2.20. The maximum atomic E-state index is 13.4. The van der Waals surface area contributed by atoms with Gasteiger partial charge in [-0.25, -0.2) is 13.8 Å². The molecule has 20 heavy (non-hydrogen) atoms. The molecule has 0 spiro atoms. The minimum absolute atomic E-state index is 0.263. The molecule has 1 saturated heterocycles. The number of aromatic nitrogens is 2. The maximum Gasteiger partial charge on any atom is 0.262 e. The fourth-order valence-corrected chi connectivity index (χ4v) is 2.99. The molecule has 0 saturated carbocycles. The maximum absolute atomic E-state index is 13.4. The van der Waals surface area contributed by atoms with Gasteiger partial charge in [-0.15, -0.1) is 0 Å². The number of H-pyrrole nitrogens is 1. The number of likely N-dealkylation sites (tertiary alicyclic amines) is 1. The zero-order chi connectivity index (χ0) is 14.3.